The van der Waals surface area contributed by atoms with Crippen molar-refractivity contribution < 1.29 is 13.3 Å². The molecule has 1 heterocycles. The maximum atomic E-state index is 8.78. The van der Waals surface area contributed by atoms with Crippen molar-refractivity contribution in [1.82, 2.24) is 5.16 Å². The Morgan fingerprint density at radius 1 is 1.78 bits per heavy atom. The Morgan fingerprint density at radius 3 is 2.44 bits per heavy atom. The Balaban J connectivity index is 0.000000148. The molecule has 6 heteroatoms. The predicted molar refractivity (Wildman–Crippen MR) is 29.6 cm³/mol. The van der Waals surface area contributed by atoms with Crippen molar-refractivity contribution in [3.05, 3.63) is 18.5 Å². The van der Waals surface area contributed by atoms with Crippen LogP contribution in [0.4, 0.5) is 0 Å². The summed E-state index contributed by atoms with van der Waals surface area (Å²) in [5.74, 6) is 0. The molecule has 5 nitrogen and oxygen atoms in total. The van der Waals surface area contributed by atoms with Crippen LogP contribution in [-0.4, -0.2) is 13.9 Å². The first kappa shape index (κ1) is 8.28. The lowest BCUT2D eigenvalue weighted by Gasteiger charge is -1.85. The first-order valence-corrected chi connectivity index (χ1v) is 3.05. The zero-order valence-electron chi connectivity index (χ0n) is 4.39. The summed E-state index contributed by atoms with van der Waals surface area (Å²) >= 11 is -2.36. The smallest absolute Gasteiger partial charge is 0.123 e. The van der Waals surface area contributed by atoms with Crippen LogP contribution in [-0.2, 0) is 11.3 Å². The van der Waals surface area contributed by atoms with Crippen molar-refractivity contribution in [3.63, 3.8) is 0 Å². The lowest BCUT2D eigenvalue weighted by molar-refractivity contribution is 0.420. The van der Waals surface area contributed by atoms with Crippen LogP contribution in [0.15, 0.2) is 23.0 Å². The van der Waals surface area contributed by atoms with Gasteiger partial charge >= 0.3 is 0 Å². The summed E-state index contributed by atoms with van der Waals surface area (Å²) < 4.78 is 21.9. The highest BCUT2D eigenvalue weighted by Gasteiger charge is 1.60. The summed E-state index contributed by atoms with van der Waals surface area (Å²) in [6, 6.07) is 1.72. The third-order valence-corrected chi connectivity index (χ3v) is 0.347. The number of nitrogens with two attached hydrogens (primary N) is 1. The van der Waals surface area contributed by atoms with Gasteiger partial charge in [0.1, 0.15) is 6.26 Å². The van der Waals surface area contributed by atoms with E-state index in [-0.39, 0.29) is 0 Å². The molecule has 52 valence electrons. The van der Waals surface area contributed by atoms with Crippen molar-refractivity contribution in [2.75, 3.05) is 0 Å². The third-order valence-electron chi connectivity index (χ3n) is 0.347. The van der Waals surface area contributed by atoms with Crippen LogP contribution in [0.3, 0.4) is 0 Å². The van der Waals surface area contributed by atoms with Gasteiger partial charge in [-0.15, -0.1) is 0 Å². The average Bonchev–Trinajstić information content (AvgIpc) is 2.11. The fourth-order valence-electron chi connectivity index (χ4n) is 0.176. The van der Waals surface area contributed by atoms with Crippen molar-refractivity contribution in [2.24, 2.45) is 5.14 Å². The van der Waals surface area contributed by atoms with E-state index >= 15 is 0 Å². The zero-order chi connectivity index (χ0) is 7.11. The quantitative estimate of drug-likeness (QED) is 0.499. The molecule has 0 aliphatic rings. The molecule has 0 saturated carbocycles. The Bertz CT molecular complexity index is 131. The van der Waals surface area contributed by atoms with E-state index in [4.69, 9.17) is 8.76 Å². The number of aromatic nitrogens is 1. The minimum atomic E-state index is -2.36. The van der Waals surface area contributed by atoms with E-state index in [1.807, 2.05) is 0 Å². The molecule has 0 radical (unpaired) electrons. The van der Waals surface area contributed by atoms with Crippen LogP contribution in [0, 0.1) is 0 Å². The molecule has 1 atom stereocenters. The van der Waals surface area contributed by atoms with Gasteiger partial charge in [0.25, 0.3) is 0 Å². The molecule has 2 N–H and O–H groups in total. The normalized spacial score (nSPS) is 11.3. The molecule has 9 heavy (non-hydrogen) atoms. The number of hydrogen-bond donors (Lipinski definition) is 1. The van der Waals surface area contributed by atoms with E-state index in [1.54, 1.807) is 12.3 Å². The van der Waals surface area contributed by atoms with Crippen molar-refractivity contribution >= 4 is 11.3 Å². The molecule has 1 rings (SSSR count). The Hall–Kier alpha value is -0.720. The molecule has 0 aliphatic heterocycles. The number of hydrogen-bond acceptors (Lipinski definition) is 4. The maximum absolute atomic E-state index is 8.78. The van der Waals surface area contributed by atoms with Gasteiger partial charge in [0.05, 0.1) is 6.20 Å². The van der Waals surface area contributed by atoms with Gasteiger partial charge in [-0.25, -0.2) is 0 Å². The van der Waals surface area contributed by atoms with E-state index in [9.17, 15) is 0 Å². The molecule has 1 aromatic rings. The number of rotatable bonds is 0. The van der Waals surface area contributed by atoms with Gasteiger partial charge in [-0.2, -0.15) is 0 Å². The summed E-state index contributed by atoms with van der Waals surface area (Å²) in [7, 11) is 0. The molecule has 1 unspecified atom stereocenters. The van der Waals surface area contributed by atoms with E-state index in [0.717, 1.165) is 0 Å². The Morgan fingerprint density at radius 2 is 2.33 bits per heavy atom. The second-order valence-electron chi connectivity index (χ2n) is 0.949. The van der Waals surface area contributed by atoms with Crippen LogP contribution >= 0.6 is 0 Å². The molecular formula is C3H5N2O3S-. The van der Waals surface area contributed by atoms with Crippen LogP contribution in [0.1, 0.15) is 0 Å². The lowest BCUT2D eigenvalue weighted by Crippen LogP contribution is -1.97. The van der Waals surface area contributed by atoms with Gasteiger partial charge in [0.15, 0.2) is 0 Å². The second kappa shape index (κ2) is 5.42. The van der Waals surface area contributed by atoms with E-state index < -0.39 is 11.3 Å². The highest BCUT2D eigenvalue weighted by atomic mass is 32.2. The van der Waals surface area contributed by atoms with Crippen LogP contribution in [0.5, 0.6) is 0 Å². The Kier molecular flexibility index (Phi) is 4.98. The van der Waals surface area contributed by atoms with Gasteiger partial charge in [-0.3, -0.25) is 9.35 Å². The van der Waals surface area contributed by atoms with Crippen LogP contribution in [0.2, 0.25) is 0 Å². The molecule has 0 bridgehead atoms. The van der Waals surface area contributed by atoms with E-state index in [0.29, 0.717) is 0 Å². The highest BCUT2D eigenvalue weighted by Crippen LogP contribution is 1.72. The minimum Gasteiger partial charge on any atom is -0.760 e. The summed E-state index contributed by atoms with van der Waals surface area (Å²) in [5.41, 5.74) is 0. The fraction of sp³-hybridized carbons (Fsp3) is 0. The van der Waals surface area contributed by atoms with Gasteiger partial charge in [-0.05, 0) is 6.07 Å². The van der Waals surface area contributed by atoms with Gasteiger partial charge in [0.2, 0.25) is 0 Å². The molecule has 1 aromatic heterocycles. The molecule has 0 aromatic carbocycles. The topological polar surface area (TPSA) is 92.2 Å². The average molecular weight is 149 g/mol. The van der Waals surface area contributed by atoms with Gasteiger partial charge in [-0.1, -0.05) is 5.16 Å². The van der Waals surface area contributed by atoms with Crippen molar-refractivity contribution in [2.45, 2.75) is 0 Å². The highest BCUT2D eigenvalue weighted by molar-refractivity contribution is 7.76. The lowest BCUT2D eigenvalue weighted by atomic mass is 10.8. The van der Waals surface area contributed by atoms with Gasteiger partial charge < -0.3 is 9.08 Å². The van der Waals surface area contributed by atoms with Crippen molar-refractivity contribution in [3.8, 4) is 0 Å². The minimum absolute atomic E-state index is 1.51. The maximum Gasteiger partial charge on any atom is 0.123 e. The second-order valence-corrected chi connectivity index (χ2v) is 1.47. The summed E-state index contributed by atoms with van der Waals surface area (Å²) in [6.07, 6.45) is 3.10. The largest absolute Gasteiger partial charge is 0.760 e. The Labute approximate surface area is 54.3 Å². The van der Waals surface area contributed by atoms with E-state index in [2.05, 4.69) is 14.8 Å². The van der Waals surface area contributed by atoms with Crippen LogP contribution in [0.25, 0.3) is 0 Å². The van der Waals surface area contributed by atoms with Gasteiger partial charge in [0, 0.05) is 11.3 Å². The molecule has 0 aliphatic carbocycles. The van der Waals surface area contributed by atoms with Crippen molar-refractivity contribution in [1.29, 1.82) is 0 Å². The number of nitrogens with zero attached hydrogens (tertiary/aromatic N) is 1. The summed E-state index contributed by atoms with van der Waals surface area (Å²) in [4.78, 5) is 0. The molecular weight excluding hydrogens is 144 g/mol. The molecule has 0 spiro atoms. The summed E-state index contributed by atoms with van der Waals surface area (Å²) in [5, 5.41) is 7.38. The first-order valence-electron chi connectivity index (χ1n) is 1.91. The monoisotopic (exact) mass is 149 g/mol. The molecule has 0 fully saturated rings. The molecule has 0 amide bonds. The first-order chi connectivity index (χ1) is 4.23. The third kappa shape index (κ3) is 11.1. The molecule has 0 saturated heterocycles. The standard InChI is InChI=1S/C3H3NO.H3NO2S/c1-2-4-5-3-1;1-4(2)3/h1-3H;1H2,(H,2,3)/p-1. The van der Waals surface area contributed by atoms with E-state index in [1.165, 1.54) is 6.26 Å². The zero-order valence-corrected chi connectivity index (χ0v) is 5.21. The predicted octanol–water partition coefficient (Wildman–Crippen LogP) is -0.586. The fourth-order valence-corrected chi connectivity index (χ4v) is 0.176. The van der Waals surface area contributed by atoms with Crippen LogP contribution < -0.4 is 5.14 Å². The summed E-state index contributed by atoms with van der Waals surface area (Å²) in [6.45, 7) is 0. The SMILES string of the molecule is NS(=O)[O-].c1cnoc1.